The number of β-amino-alcohol motifs (C(OH)–C–C–N with tert-alkyl or cyclic N) is 1. The van der Waals surface area contributed by atoms with Gasteiger partial charge in [0.15, 0.2) is 0 Å². The van der Waals surface area contributed by atoms with E-state index >= 15 is 0 Å². The second-order valence-electron chi connectivity index (χ2n) is 3.68. The van der Waals surface area contributed by atoms with E-state index in [0.717, 1.165) is 0 Å². The first kappa shape index (κ1) is 10.9. The number of aliphatic hydroxyl groups is 1. The predicted octanol–water partition coefficient (Wildman–Crippen LogP) is 0.651. The Bertz CT molecular complexity index is 416. The third kappa shape index (κ3) is 1.74. The molecule has 1 aliphatic heterocycles. The maximum atomic E-state index is 13.5. The standard InChI is InChI=1S/C11H12FNO3/c1-16-9-4-2-3-8(12)10(9)11(15)13-5-7(14)6-13/h2-4,7,14H,5-6H2,1H3. The minimum Gasteiger partial charge on any atom is -0.496 e. The van der Waals surface area contributed by atoms with Crippen molar-refractivity contribution in [3.05, 3.63) is 29.6 Å². The summed E-state index contributed by atoms with van der Waals surface area (Å²) in [5.41, 5.74) is -0.0723. The third-order valence-corrected chi connectivity index (χ3v) is 2.56. The molecule has 2 rings (SSSR count). The highest BCUT2D eigenvalue weighted by Crippen LogP contribution is 2.24. The summed E-state index contributed by atoms with van der Waals surface area (Å²) in [5, 5.41) is 9.09. The van der Waals surface area contributed by atoms with Gasteiger partial charge in [0.1, 0.15) is 17.1 Å². The summed E-state index contributed by atoms with van der Waals surface area (Å²) in [4.78, 5) is 13.2. The second kappa shape index (κ2) is 4.09. The van der Waals surface area contributed by atoms with Crippen molar-refractivity contribution < 1.29 is 19.0 Å². The van der Waals surface area contributed by atoms with Crippen molar-refractivity contribution in [2.45, 2.75) is 6.10 Å². The number of benzene rings is 1. The van der Waals surface area contributed by atoms with Crippen molar-refractivity contribution in [1.29, 1.82) is 0 Å². The van der Waals surface area contributed by atoms with Crippen LogP contribution in [0.4, 0.5) is 4.39 Å². The summed E-state index contributed by atoms with van der Waals surface area (Å²) in [6.45, 7) is 0.493. The molecule has 0 saturated carbocycles. The third-order valence-electron chi connectivity index (χ3n) is 2.56. The lowest BCUT2D eigenvalue weighted by Crippen LogP contribution is -2.53. The number of hydrogen-bond acceptors (Lipinski definition) is 3. The average molecular weight is 225 g/mol. The van der Waals surface area contributed by atoms with Gasteiger partial charge in [0.2, 0.25) is 0 Å². The molecule has 1 saturated heterocycles. The summed E-state index contributed by atoms with van der Waals surface area (Å²) >= 11 is 0. The number of carbonyl (C=O) groups is 1. The molecule has 0 unspecified atom stereocenters. The topological polar surface area (TPSA) is 49.8 Å². The Morgan fingerprint density at radius 3 is 2.81 bits per heavy atom. The van der Waals surface area contributed by atoms with E-state index in [-0.39, 0.29) is 24.4 Å². The maximum absolute atomic E-state index is 13.5. The fraction of sp³-hybridized carbons (Fsp3) is 0.364. The Balaban J connectivity index is 2.28. The average Bonchev–Trinajstić information content (AvgIpc) is 2.23. The predicted molar refractivity (Wildman–Crippen MR) is 54.9 cm³/mol. The lowest BCUT2D eigenvalue weighted by Gasteiger charge is -2.36. The van der Waals surface area contributed by atoms with Crippen LogP contribution in [-0.2, 0) is 0 Å². The van der Waals surface area contributed by atoms with Crippen LogP contribution >= 0.6 is 0 Å². The number of likely N-dealkylation sites (tertiary alicyclic amines) is 1. The normalized spacial score (nSPS) is 15.8. The molecule has 0 radical (unpaired) electrons. The molecule has 0 bridgehead atoms. The second-order valence-corrected chi connectivity index (χ2v) is 3.68. The molecule has 1 aromatic carbocycles. The molecule has 1 N–H and O–H groups in total. The van der Waals surface area contributed by atoms with Crippen LogP contribution < -0.4 is 4.74 Å². The van der Waals surface area contributed by atoms with Crippen LogP contribution in [-0.4, -0.2) is 42.2 Å². The molecule has 5 heteroatoms. The molecule has 86 valence electrons. The molecule has 1 fully saturated rings. The number of amides is 1. The van der Waals surface area contributed by atoms with Crippen molar-refractivity contribution in [2.75, 3.05) is 20.2 Å². The van der Waals surface area contributed by atoms with Gasteiger partial charge in [-0.3, -0.25) is 4.79 Å². The molecule has 16 heavy (non-hydrogen) atoms. The largest absolute Gasteiger partial charge is 0.496 e. The van der Waals surface area contributed by atoms with Gasteiger partial charge in [-0.1, -0.05) is 6.07 Å². The van der Waals surface area contributed by atoms with Crippen LogP contribution in [0.1, 0.15) is 10.4 Å². The lowest BCUT2D eigenvalue weighted by atomic mass is 10.1. The summed E-state index contributed by atoms with van der Waals surface area (Å²) in [6, 6.07) is 4.23. The minimum absolute atomic E-state index is 0.0723. The van der Waals surface area contributed by atoms with Crippen LogP contribution in [0.15, 0.2) is 18.2 Å². The zero-order valence-corrected chi connectivity index (χ0v) is 8.81. The first-order chi connectivity index (χ1) is 7.63. The van der Waals surface area contributed by atoms with E-state index in [9.17, 15) is 9.18 Å². The van der Waals surface area contributed by atoms with E-state index in [0.29, 0.717) is 0 Å². The number of methoxy groups -OCH3 is 1. The van der Waals surface area contributed by atoms with Crippen molar-refractivity contribution in [2.24, 2.45) is 0 Å². The summed E-state index contributed by atoms with van der Waals surface area (Å²) in [6.07, 6.45) is -0.498. The molecule has 1 amide bonds. The fourth-order valence-corrected chi connectivity index (χ4v) is 1.66. The van der Waals surface area contributed by atoms with Gasteiger partial charge in [-0.15, -0.1) is 0 Å². The molecular formula is C11H12FNO3. The zero-order valence-electron chi connectivity index (χ0n) is 8.81. The van der Waals surface area contributed by atoms with E-state index in [1.54, 1.807) is 0 Å². The number of aliphatic hydroxyl groups excluding tert-OH is 1. The van der Waals surface area contributed by atoms with Crippen LogP contribution in [0, 0.1) is 5.82 Å². The summed E-state index contributed by atoms with van der Waals surface area (Å²) in [7, 11) is 1.39. The summed E-state index contributed by atoms with van der Waals surface area (Å²) in [5.74, 6) is -0.836. The highest BCUT2D eigenvalue weighted by molar-refractivity contribution is 5.97. The van der Waals surface area contributed by atoms with E-state index in [1.807, 2.05) is 0 Å². The van der Waals surface area contributed by atoms with Crippen molar-refractivity contribution in [3.63, 3.8) is 0 Å². The summed E-state index contributed by atoms with van der Waals surface area (Å²) < 4.78 is 18.5. The molecule has 1 heterocycles. The number of nitrogens with zero attached hydrogens (tertiary/aromatic N) is 1. The Morgan fingerprint density at radius 2 is 2.25 bits per heavy atom. The fourth-order valence-electron chi connectivity index (χ4n) is 1.66. The zero-order chi connectivity index (χ0) is 11.7. The number of carbonyl (C=O) groups excluding carboxylic acids is 1. The number of halogens is 1. The van der Waals surface area contributed by atoms with E-state index in [1.165, 1.54) is 30.2 Å². The van der Waals surface area contributed by atoms with Gasteiger partial charge in [-0.2, -0.15) is 0 Å². The highest BCUT2D eigenvalue weighted by Gasteiger charge is 2.32. The Hall–Kier alpha value is -1.62. The molecule has 1 aromatic rings. The monoisotopic (exact) mass is 225 g/mol. The van der Waals surface area contributed by atoms with Gasteiger partial charge in [-0.05, 0) is 12.1 Å². The highest BCUT2D eigenvalue weighted by atomic mass is 19.1. The van der Waals surface area contributed by atoms with Gasteiger partial charge >= 0.3 is 0 Å². The Kier molecular flexibility index (Phi) is 2.78. The molecule has 0 aliphatic carbocycles. The maximum Gasteiger partial charge on any atom is 0.260 e. The SMILES string of the molecule is COc1cccc(F)c1C(=O)N1CC(O)C1. The quantitative estimate of drug-likeness (QED) is 0.804. The van der Waals surface area contributed by atoms with E-state index in [2.05, 4.69) is 0 Å². The Labute approximate surface area is 92.2 Å². The van der Waals surface area contributed by atoms with Crippen LogP contribution in [0.2, 0.25) is 0 Å². The smallest absolute Gasteiger partial charge is 0.260 e. The molecule has 0 atom stereocenters. The molecule has 1 aliphatic rings. The van der Waals surface area contributed by atoms with Gasteiger partial charge in [0, 0.05) is 13.1 Å². The molecule has 0 spiro atoms. The first-order valence-electron chi connectivity index (χ1n) is 4.93. The van der Waals surface area contributed by atoms with E-state index in [4.69, 9.17) is 9.84 Å². The Morgan fingerprint density at radius 1 is 1.56 bits per heavy atom. The number of hydrogen-bond donors (Lipinski definition) is 1. The molecule has 4 nitrogen and oxygen atoms in total. The van der Waals surface area contributed by atoms with E-state index < -0.39 is 17.8 Å². The van der Waals surface area contributed by atoms with Gasteiger partial charge in [-0.25, -0.2) is 4.39 Å². The first-order valence-corrected chi connectivity index (χ1v) is 4.93. The van der Waals surface area contributed by atoms with Crippen molar-refractivity contribution in [1.82, 2.24) is 4.90 Å². The van der Waals surface area contributed by atoms with Crippen LogP contribution in [0.25, 0.3) is 0 Å². The number of rotatable bonds is 2. The lowest BCUT2D eigenvalue weighted by molar-refractivity contribution is 0.00538. The van der Waals surface area contributed by atoms with Crippen LogP contribution in [0.5, 0.6) is 5.75 Å². The van der Waals surface area contributed by atoms with Crippen LogP contribution in [0.3, 0.4) is 0 Å². The molecular weight excluding hydrogens is 213 g/mol. The number of ether oxygens (including phenoxy) is 1. The van der Waals surface area contributed by atoms with Crippen molar-refractivity contribution >= 4 is 5.91 Å². The molecule has 0 aromatic heterocycles. The van der Waals surface area contributed by atoms with Gasteiger partial charge in [0.25, 0.3) is 5.91 Å². The van der Waals surface area contributed by atoms with Gasteiger partial charge in [0.05, 0.1) is 13.2 Å². The minimum atomic E-state index is -0.606. The van der Waals surface area contributed by atoms with Crippen molar-refractivity contribution in [3.8, 4) is 5.75 Å². The van der Waals surface area contributed by atoms with Gasteiger partial charge < -0.3 is 14.7 Å².